The molecule has 0 aliphatic carbocycles. The molecule has 0 radical (unpaired) electrons. The molecule has 1 unspecified atom stereocenters. The molecule has 2 amide bonds. The highest BCUT2D eigenvalue weighted by Crippen LogP contribution is 2.13. The Morgan fingerprint density at radius 1 is 1.19 bits per heavy atom. The molecule has 142 valence electrons. The normalized spacial score (nSPS) is 23.0. The maximum absolute atomic E-state index is 12.6. The lowest BCUT2D eigenvalue weighted by Gasteiger charge is -2.33. The lowest BCUT2D eigenvalue weighted by atomic mass is 10.2. The summed E-state index contributed by atoms with van der Waals surface area (Å²) in [6.07, 6.45) is 0.411. The number of aromatic nitrogens is 1. The van der Waals surface area contributed by atoms with E-state index in [2.05, 4.69) is 22.1 Å². The summed E-state index contributed by atoms with van der Waals surface area (Å²) >= 11 is 0. The van der Waals surface area contributed by atoms with Crippen molar-refractivity contribution in [1.29, 1.82) is 0 Å². The van der Waals surface area contributed by atoms with E-state index in [1.807, 2.05) is 0 Å². The third-order valence-electron chi connectivity index (χ3n) is 4.88. The first kappa shape index (κ1) is 18.8. The summed E-state index contributed by atoms with van der Waals surface area (Å²) in [6, 6.07) is 4.37. The molecule has 26 heavy (non-hydrogen) atoms. The standard InChI is InChI=1S/C17H24N4O4S/c1-2-20-7-9-21(10-8-20)17(23)15-5-3-4-14(19-15)16(22)18-13-6-11-26(24,25)12-13/h3-5,13H,2,6-12H2,1H3,(H,18,22). The van der Waals surface area contributed by atoms with Gasteiger partial charge in [0.2, 0.25) is 0 Å². The summed E-state index contributed by atoms with van der Waals surface area (Å²) in [6.45, 7) is 6.01. The molecule has 0 aromatic carbocycles. The lowest BCUT2D eigenvalue weighted by Crippen LogP contribution is -2.48. The maximum atomic E-state index is 12.6. The van der Waals surface area contributed by atoms with Crippen LogP contribution in [0.1, 0.15) is 34.3 Å². The molecule has 2 saturated heterocycles. The molecule has 0 saturated carbocycles. The SMILES string of the molecule is CCN1CCN(C(=O)c2cccc(C(=O)NC3CCS(=O)(=O)C3)n2)CC1. The molecule has 1 N–H and O–H groups in total. The van der Waals surface area contributed by atoms with E-state index in [1.54, 1.807) is 17.0 Å². The van der Waals surface area contributed by atoms with Crippen LogP contribution in [0.3, 0.4) is 0 Å². The molecule has 0 bridgehead atoms. The molecular formula is C17H24N4O4S. The first-order chi connectivity index (χ1) is 12.4. The predicted molar refractivity (Wildman–Crippen MR) is 96.8 cm³/mol. The van der Waals surface area contributed by atoms with Gasteiger partial charge in [0.1, 0.15) is 11.4 Å². The minimum atomic E-state index is -3.07. The van der Waals surface area contributed by atoms with Crippen LogP contribution >= 0.6 is 0 Å². The molecule has 3 rings (SSSR count). The number of nitrogens with one attached hydrogen (secondary N) is 1. The zero-order valence-electron chi connectivity index (χ0n) is 14.8. The van der Waals surface area contributed by atoms with Crippen molar-refractivity contribution in [3.05, 3.63) is 29.6 Å². The van der Waals surface area contributed by atoms with Gasteiger partial charge in [-0.2, -0.15) is 0 Å². The van der Waals surface area contributed by atoms with Gasteiger partial charge < -0.3 is 15.1 Å². The second-order valence-electron chi connectivity index (χ2n) is 6.71. The van der Waals surface area contributed by atoms with Crippen LogP contribution in [0.15, 0.2) is 18.2 Å². The van der Waals surface area contributed by atoms with Crippen molar-refractivity contribution in [1.82, 2.24) is 20.1 Å². The molecule has 3 heterocycles. The van der Waals surface area contributed by atoms with Gasteiger partial charge >= 0.3 is 0 Å². The second-order valence-corrected chi connectivity index (χ2v) is 8.94. The van der Waals surface area contributed by atoms with E-state index < -0.39 is 21.8 Å². The summed E-state index contributed by atoms with van der Waals surface area (Å²) in [5.74, 6) is -0.580. The third-order valence-corrected chi connectivity index (χ3v) is 6.64. The van der Waals surface area contributed by atoms with Crippen LogP contribution in [0, 0.1) is 0 Å². The van der Waals surface area contributed by atoms with Crippen LogP contribution in [0.25, 0.3) is 0 Å². The van der Waals surface area contributed by atoms with E-state index in [0.29, 0.717) is 19.5 Å². The number of carbonyl (C=O) groups excluding carboxylic acids is 2. The fraction of sp³-hybridized carbons (Fsp3) is 0.588. The Hall–Kier alpha value is -2.00. The van der Waals surface area contributed by atoms with E-state index in [4.69, 9.17) is 0 Å². The van der Waals surface area contributed by atoms with Crippen molar-refractivity contribution in [2.24, 2.45) is 0 Å². The Labute approximate surface area is 153 Å². The number of sulfone groups is 1. The van der Waals surface area contributed by atoms with Crippen molar-refractivity contribution in [3.8, 4) is 0 Å². The van der Waals surface area contributed by atoms with Gasteiger partial charge in [-0.1, -0.05) is 13.0 Å². The van der Waals surface area contributed by atoms with Crippen molar-refractivity contribution in [2.45, 2.75) is 19.4 Å². The monoisotopic (exact) mass is 380 g/mol. The molecule has 2 aliphatic heterocycles. The zero-order chi connectivity index (χ0) is 18.7. The molecule has 9 heteroatoms. The number of rotatable bonds is 4. The van der Waals surface area contributed by atoms with Crippen molar-refractivity contribution in [3.63, 3.8) is 0 Å². The number of amides is 2. The van der Waals surface area contributed by atoms with Gasteiger partial charge in [-0.25, -0.2) is 13.4 Å². The summed E-state index contributed by atoms with van der Waals surface area (Å²) in [4.78, 5) is 33.2. The average Bonchev–Trinajstić information content (AvgIpc) is 2.99. The van der Waals surface area contributed by atoms with Crippen LogP contribution in [-0.2, 0) is 9.84 Å². The highest BCUT2D eigenvalue weighted by Gasteiger charge is 2.29. The molecule has 2 aliphatic rings. The topological polar surface area (TPSA) is 99.7 Å². The zero-order valence-corrected chi connectivity index (χ0v) is 15.7. The van der Waals surface area contributed by atoms with Crippen LogP contribution in [0.4, 0.5) is 0 Å². The molecule has 1 aromatic heterocycles. The van der Waals surface area contributed by atoms with Gasteiger partial charge in [0.15, 0.2) is 9.84 Å². The number of piperazine rings is 1. The van der Waals surface area contributed by atoms with Gasteiger partial charge in [0, 0.05) is 32.2 Å². The van der Waals surface area contributed by atoms with Gasteiger partial charge in [0.25, 0.3) is 11.8 Å². The summed E-state index contributed by atoms with van der Waals surface area (Å²) in [7, 11) is -3.07. The van der Waals surface area contributed by atoms with Gasteiger partial charge in [-0.3, -0.25) is 9.59 Å². The maximum Gasteiger partial charge on any atom is 0.272 e. The van der Waals surface area contributed by atoms with Crippen molar-refractivity contribution in [2.75, 3.05) is 44.2 Å². The minimum Gasteiger partial charge on any atom is -0.347 e. The molecule has 2 fully saturated rings. The second kappa shape index (κ2) is 7.71. The fourth-order valence-corrected chi connectivity index (χ4v) is 4.95. The summed E-state index contributed by atoms with van der Waals surface area (Å²) < 4.78 is 23.0. The van der Waals surface area contributed by atoms with Gasteiger partial charge in [0.05, 0.1) is 11.5 Å². The Bertz CT molecular complexity index is 788. The first-order valence-electron chi connectivity index (χ1n) is 8.88. The highest BCUT2D eigenvalue weighted by molar-refractivity contribution is 7.91. The number of hydrogen-bond donors (Lipinski definition) is 1. The van der Waals surface area contributed by atoms with E-state index in [-0.39, 0.29) is 28.8 Å². The number of likely N-dealkylation sites (N-methyl/N-ethyl adjacent to an activating group) is 1. The summed E-state index contributed by atoms with van der Waals surface area (Å²) in [5, 5.41) is 2.70. The fourth-order valence-electron chi connectivity index (χ4n) is 3.28. The average molecular weight is 380 g/mol. The number of pyridine rings is 1. The predicted octanol–water partition coefficient (Wildman–Crippen LogP) is -0.224. The first-order valence-corrected chi connectivity index (χ1v) is 10.7. The summed E-state index contributed by atoms with van der Waals surface area (Å²) in [5.41, 5.74) is 0.369. The van der Waals surface area contributed by atoms with E-state index in [9.17, 15) is 18.0 Å². The Morgan fingerprint density at radius 3 is 2.50 bits per heavy atom. The molecule has 1 aromatic rings. The third kappa shape index (κ3) is 4.39. The van der Waals surface area contributed by atoms with Crippen LogP contribution in [0.5, 0.6) is 0 Å². The quantitative estimate of drug-likeness (QED) is 0.775. The largest absolute Gasteiger partial charge is 0.347 e. The number of hydrogen-bond acceptors (Lipinski definition) is 6. The molecule has 0 spiro atoms. The van der Waals surface area contributed by atoms with Gasteiger partial charge in [-0.05, 0) is 25.1 Å². The highest BCUT2D eigenvalue weighted by atomic mass is 32.2. The van der Waals surface area contributed by atoms with E-state index >= 15 is 0 Å². The van der Waals surface area contributed by atoms with E-state index in [1.165, 1.54) is 6.07 Å². The van der Waals surface area contributed by atoms with Crippen molar-refractivity contribution < 1.29 is 18.0 Å². The Morgan fingerprint density at radius 2 is 1.88 bits per heavy atom. The Kier molecular flexibility index (Phi) is 5.57. The molecular weight excluding hydrogens is 356 g/mol. The van der Waals surface area contributed by atoms with E-state index in [0.717, 1.165) is 19.6 Å². The molecule has 8 nitrogen and oxygen atoms in total. The van der Waals surface area contributed by atoms with Gasteiger partial charge in [-0.15, -0.1) is 0 Å². The lowest BCUT2D eigenvalue weighted by molar-refractivity contribution is 0.0637. The Balaban J connectivity index is 1.64. The van der Waals surface area contributed by atoms with Crippen LogP contribution in [0.2, 0.25) is 0 Å². The smallest absolute Gasteiger partial charge is 0.272 e. The van der Waals surface area contributed by atoms with Crippen LogP contribution in [-0.4, -0.2) is 85.3 Å². The number of carbonyl (C=O) groups is 2. The van der Waals surface area contributed by atoms with Crippen LogP contribution < -0.4 is 5.32 Å². The van der Waals surface area contributed by atoms with Crippen molar-refractivity contribution >= 4 is 21.7 Å². The number of nitrogens with zero attached hydrogens (tertiary/aromatic N) is 3. The minimum absolute atomic E-state index is 0.0426. The molecule has 1 atom stereocenters.